The summed E-state index contributed by atoms with van der Waals surface area (Å²) in [6, 6.07) is 14.6. The molecule has 4 rings (SSSR count). The van der Waals surface area contributed by atoms with Gasteiger partial charge in [-0.3, -0.25) is 0 Å². The number of aromatic hydroxyl groups is 1. The number of rotatable bonds is 1. The number of H-pyrrole nitrogens is 1. The molecule has 0 atom stereocenters. The third kappa shape index (κ3) is 1.90. The van der Waals surface area contributed by atoms with Gasteiger partial charge in [-0.1, -0.05) is 24.3 Å². The molecule has 0 spiro atoms. The SMILES string of the molecule is O=c1c(=Cc2cccc(O)c2)sc2[nH+]c3ccccc3n12. The van der Waals surface area contributed by atoms with Gasteiger partial charge in [0.05, 0.1) is 0 Å². The Hall–Kier alpha value is -2.66. The fraction of sp³-hybridized carbons (Fsp3) is 0. The Balaban J connectivity index is 2.03. The lowest BCUT2D eigenvalue weighted by Crippen LogP contribution is -2.22. The van der Waals surface area contributed by atoms with Crippen molar-refractivity contribution < 1.29 is 10.1 Å². The van der Waals surface area contributed by atoms with Gasteiger partial charge in [0.1, 0.15) is 10.3 Å². The lowest BCUT2D eigenvalue weighted by Gasteiger charge is -1.92. The molecule has 102 valence electrons. The Bertz CT molecular complexity index is 1080. The maximum Gasteiger partial charge on any atom is 0.357 e. The van der Waals surface area contributed by atoms with Gasteiger partial charge in [-0.25, -0.2) is 9.78 Å². The average molecular weight is 295 g/mol. The number of aromatic nitrogens is 2. The van der Waals surface area contributed by atoms with Gasteiger partial charge in [-0.05, 0) is 47.2 Å². The molecular weight excluding hydrogens is 284 g/mol. The van der Waals surface area contributed by atoms with Crippen LogP contribution in [0, 0.1) is 0 Å². The summed E-state index contributed by atoms with van der Waals surface area (Å²) < 4.78 is 2.33. The zero-order valence-corrected chi connectivity index (χ0v) is 11.7. The first-order valence-electron chi connectivity index (χ1n) is 6.48. The molecule has 0 aliphatic carbocycles. The summed E-state index contributed by atoms with van der Waals surface area (Å²) in [6.07, 6.45) is 1.79. The lowest BCUT2D eigenvalue weighted by atomic mass is 10.2. The van der Waals surface area contributed by atoms with Crippen molar-refractivity contribution in [2.45, 2.75) is 0 Å². The summed E-state index contributed by atoms with van der Waals surface area (Å²) in [4.78, 5) is 16.6. The van der Waals surface area contributed by atoms with Gasteiger partial charge in [0.15, 0.2) is 11.0 Å². The summed E-state index contributed by atoms with van der Waals surface area (Å²) in [5, 5.41) is 9.50. The first kappa shape index (κ1) is 12.1. The van der Waals surface area contributed by atoms with Crippen molar-refractivity contribution in [2.75, 3.05) is 0 Å². The van der Waals surface area contributed by atoms with Crippen LogP contribution in [0.25, 0.3) is 22.1 Å². The van der Waals surface area contributed by atoms with Crippen molar-refractivity contribution in [2.24, 2.45) is 0 Å². The number of thiazole rings is 1. The maximum atomic E-state index is 12.6. The molecule has 0 bridgehead atoms. The van der Waals surface area contributed by atoms with Crippen molar-refractivity contribution in [3.8, 4) is 5.75 Å². The zero-order valence-electron chi connectivity index (χ0n) is 10.9. The number of phenolic OH excluding ortho intramolecular Hbond substituents is 1. The zero-order chi connectivity index (χ0) is 14.4. The van der Waals surface area contributed by atoms with E-state index in [1.807, 2.05) is 30.3 Å². The molecule has 0 unspecified atom stereocenters. The van der Waals surface area contributed by atoms with Gasteiger partial charge in [0, 0.05) is 0 Å². The number of para-hydroxylation sites is 2. The molecule has 0 saturated carbocycles. The number of hydrogen-bond donors (Lipinski definition) is 1. The third-order valence-electron chi connectivity index (χ3n) is 3.38. The smallest absolute Gasteiger partial charge is 0.357 e. The molecule has 0 fully saturated rings. The first-order chi connectivity index (χ1) is 10.2. The molecule has 2 heterocycles. The number of aromatic amines is 1. The first-order valence-corrected chi connectivity index (χ1v) is 7.30. The highest BCUT2D eigenvalue weighted by molar-refractivity contribution is 7.14. The summed E-state index contributed by atoms with van der Waals surface area (Å²) in [5.41, 5.74) is 2.59. The van der Waals surface area contributed by atoms with Crippen LogP contribution in [0.2, 0.25) is 0 Å². The minimum atomic E-state index is -0.0456. The quantitative estimate of drug-likeness (QED) is 0.579. The number of nitrogens with one attached hydrogen (secondary N) is 1. The molecule has 4 aromatic rings. The summed E-state index contributed by atoms with van der Waals surface area (Å²) >= 11 is 1.41. The van der Waals surface area contributed by atoms with E-state index in [0.717, 1.165) is 21.6 Å². The second kappa shape index (κ2) is 4.43. The van der Waals surface area contributed by atoms with Crippen LogP contribution in [0.4, 0.5) is 0 Å². The molecule has 0 aliphatic rings. The predicted molar refractivity (Wildman–Crippen MR) is 82.5 cm³/mol. The third-order valence-corrected chi connectivity index (χ3v) is 4.37. The van der Waals surface area contributed by atoms with Crippen LogP contribution in [-0.2, 0) is 0 Å². The summed E-state index contributed by atoms with van der Waals surface area (Å²) in [5.74, 6) is 0.191. The van der Waals surface area contributed by atoms with Crippen LogP contribution < -0.4 is 15.1 Å². The van der Waals surface area contributed by atoms with Crippen LogP contribution >= 0.6 is 11.3 Å². The van der Waals surface area contributed by atoms with Crippen molar-refractivity contribution in [3.63, 3.8) is 0 Å². The van der Waals surface area contributed by atoms with Crippen LogP contribution in [-0.4, -0.2) is 9.51 Å². The van der Waals surface area contributed by atoms with E-state index in [2.05, 4.69) is 4.98 Å². The second-order valence-corrected chi connectivity index (χ2v) is 5.82. The van der Waals surface area contributed by atoms with Gasteiger partial charge >= 0.3 is 10.5 Å². The Kier molecular flexibility index (Phi) is 2.55. The van der Waals surface area contributed by atoms with Crippen LogP contribution in [0.3, 0.4) is 0 Å². The highest BCUT2D eigenvalue weighted by Crippen LogP contribution is 2.13. The van der Waals surface area contributed by atoms with Crippen molar-refractivity contribution in [3.05, 3.63) is 69.0 Å². The molecule has 5 heteroatoms. The Morgan fingerprint density at radius 2 is 2.00 bits per heavy atom. The number of benzene rings is 2. The monoisotopic (exact) mass is 295 g/mol. The van der Waals surface area contributed by atoms with Gasteiger partial charge in [-0.2, -0.15) is 0 Å². The van der Waals surface area contributed by atoms with Crippen molar-refractivity contribution in [1.82, 2.24) is 4.40 Å². The maximum absolute atomic E-state index is 12.6. The van der Waals surface area contributed by atoms with E-state index >= 15 is 0 Å². The molecule has 21 heavy (non-hydrogen) atoms. The van der Waals surface area contributed by atoms with E-state index in [9.17, 15) is 9.90 Å². The van der Waals surface area contributed by atoms with E-state index in [0.29, 0.717) is 4.53 Å². The topological polar surface area (TPSA) is 55.8 Å². The molecular formula is C16H11N2O2S+. The van der Waals surface area contributed by atoms with Crippen LogP contribution in [0.15, 0.2) is 53.3 Å². The molecule has 2 aromatic heterocycles. The molecule has 2 aromatic carbocycles. The number of fused-ring (bicyclic) bond motifs is 3. The van der Waals surface area contributed by atoms with E-state index in [-0.39, 0.29) is 11.3 Å². The number of hydrogen-bond acceptors (Lipinski definition) is 3. The fourth-order valence-corrected chi connectivity index (χ4v) is 3.46. The number of phenols is 1. The van der Waals surface area contributed by atoms with Gasteiger partial charge < -0.3 is 5.11 Å². The summed E-state index contributed by atoms with van der Waals surface area (Å²) in [6.45, 7) is 0. The Morgan fingerprint density at radius 1 is 1.14 bits per heavy atom. The van der Waals surface area contributed by atoms with Crippen molar-refractivity contribution >= 4 is 33.4 Å². The average Bonchev–Trinajstić information content (AvgIpc) is 2.97. The van der Waals surface area contributed by atoms with Crippen LogP contribution in [0.5, 0.6) is 5.75 Å². The normalized spacial score (nSPS) is 12.5. The Labute approximate surface area is 123 Å². The number of nitrogens with zero attached hydrogens (tertiary/aromatic N) is 1. The van der Waals surface area contributed by atoms with E-state index in [1.54, 1.807) is 28.7 Å². The standard InChI is InChI=1S/C16H10N2O2S/c19-11-5-3-4-10(8-11)9-14-15(20)18-13-7-2-1-6-12(13)17-16(18)21-14/h1-9,19H/p+1. The molecule has 2 N–H and O–H groups in total. The number of imidazole rings is 1. The van der Waals surface area contributed by atoms with Crippen LogP contribution in [0.1, 0.15) is 5.56 Å². The van der Waals surface area contributed by atoms with E-state index in [1.165, 1.54) is 11.3 Å². The van der Waals surface area contributed by atoms with Crippen molar-refractivity contribution in [1.29, 1.82) is 0 Å². The fourth-order valence-electron chi connectivity index (χ4n) is 2.44. The minimum absolute atomic E-state index is 0.0456. The lowest BCUT2D eigenvalue weighted by molar-refractivity contribution is -0.308. The minimum Gasteiger partial charge on any atom is -0.508 e. The van der Waals surface area contributed by atoms with E-state index in [4.69, 9.17) is 0 Å². The van der Waals surface area contributed by atoms with E-state index < -0.39 is 0 Å². The van der Waals surface area contributed by atoms with Gasteiger partial charge in [0.25, 0.3) is 0 Å². The molecule has 0 amide bonds. The van der Waals surface area contributed by atoms with Gasteiger partial charge in [-0.15, -0.1) is 4.40 Å². The summed E-state index contributed by atoms with van der Waals surface area (Å²) in [7, 11) is 0. The predicted octanol–water partition coefficient (Wildman–Crippen LogP) is 1.58. The second-order valence-electron chi connectivity index (χ2n) is 4.79. The molecule has 0 radical (unpaired) electrons. The molecule has 4 nitrogen and oxygen atoms in total. The molecule has 0 saturated heterocycles. The largest absolute Gasteiger partial charge is 0.508 e. The van der Waals surface area contributed by atoms with Gasteiger partial charge in [0.2, 0.25) is 0 Å². The Morgan fingerprint density at radius 3 is 2.86 bits per heavy atom. The highest BCUT2D eigenvalue weighted by atomic mass is 32.1. The highest BCUT2D eigenvalue weighted by Gasteiger charge is 2.17. The molecule has 0 aliphatic heterocycles.